The van der Waals surface area contributed by atoms with Gasteiger partial charge in [-0.05, 0) is 65.8 Å². The Morgan fingerprint density at radius 2 is 1.82 bits per heavy atom. The van der Waals surface area contributed by atoms with Crippen molar-refractivity contribution in [3.63, 3.8) is 0 Å². The Morgan fingerprint density at radius 3 is 2.46 bits per heavy atom. The van der Waals surface area contributed by atoms with Gasteiger partial charge in [0.2, 0.25) is 0 Å². The summed E-state index contributed by atoms with van der Waals surface area (Å²) in [5, 5.41) is 11.1. The molecule has 1 aliphatic heterocycles. The number of amides is 1. The molecule has 146 valence electrons. The van der Waals surface area contributed by atoms with E-state index in [1.165, 1.54) is 4.90 Å². The van der Waals surface area contributed by atoms with Crippen LogP contribution in [0.3, 0.4) is 0 Å². The highest BCUT2D eigenvalue weighted by atomic mass is 127. The van der Waals surface area contributed by atoms with Gasteiger partial charge in [-0.15, -0.1) is 0 Å². The fourth-order valence-corrected chi connectivity index (χ4v) is 3.79. The van der Waals surface area contributed by atoms with Gasteiger partial charge in [0.25, 0.3) is 11.7 Å². The van der Waals surface area contributed by atoms with Gasteiger partial charge in [-0.2, -0.15) is 0 Å². The molecule has 1 saturated heterocycles. The van der Waals surface area contributed by atoms with Crippen LogP contribution in [0.5, 0.6) is 0 Å². The van der Waals surface area contributed by atoms with E-state index in [-0.39, 0.29) is 17.9 Å². The molecule has 0 aliphatic carbocycles. The van der Waals surface area contributed by atoms with Crippen LogP contribution in [-0.2, 0) is 14.3 Å². The van der Waals surface area contributed by atoms with Crippen LogP contribution in [-0.4, -0.2) is 42.0 Å². The van der Waals surface area contributed by atoms with Gasteiger partial charge in [0, 0.05) is 22.8 Å². The second-order valence-corrected chi connectivity index (χ2v) is 8.10. The summed E-state index contributed by atoms with van der Waals surface area (Å²) in [5.41, 5.74) is 3.28. The number of aryl methyl sites for hydroxylation is 2. The van der Waals surface area contributed by atoms with Crippen molar-refractivity contribution < 1.29 is 19.4 Å². The predicted molar refractivity (Wildman–Crippen MR) is 116 cm³/mol. The van der Waals surface area contributed by atoms with Crippen molar-refractivity contribution in [2.24, 2.45) is 0 Å². The van der Waals surface area contributed by atoms with Crippen LogP contribution < -0.4 is 0 Å². The number of nitrogens with zero attached hydrogens (tertiary/aromatic N) is 1. The molecular formula is C22H22INO4. The largest absolute Gasteiger partial charge is 0.507 e. The normalized spacial score (nSPS) is 18.7. The Morgan fingerprint density at radius 1 is 1.14 bits per heavy atom. The molecule has 0 bridgehead atoms. The molecule has 0 aromatic heterocycles. The Labute approximate surface area is 178 Å². The summed E-state index contributed by atoms with van der Waals surface area (Å²) in [7, 11) is 1.55. The van der Waals surface area contributed by atoms with Gasteiger partial charge in [0.1, 0.15) is 5.76 Å². The molecule has 1 unspecified atom stereocenters. The number of halogens is 1. The van der Waals surface area contributed by atoms with Gasteiger partial charge in [0.05, 0.1) is 18.2 Å². The predicted octanol–water partition coefficient (Wildman–Crippen LogP) is 3.98. The van der Waals surface area contributed by atoms with Gasteiger partial charge in [-0.1, -0.05) is 29.8 Å². The van der Waals surface area contributed by atoms with Crippen molar-refractivity contribution in [3.05, 3.63) is 73.9 Å². The van der Waals surface area contributed by atoms with E-state index in [0.717, 1.165) is 20.3 Å². The molecule has 0 radical (unpaired) electrons. The van der Waals surface area contributed by atoms with E-state index in [0.29, 0.717) is 12.2 Å². The number of carbonyl (C=O) groups excluding carboxylic acids is 2. The molecule has 2 aromatic carbocycles. The average molecular weight is 491 g/mol. The van der Waals surface area contributed by atoms with Crippen LogP contribution in [0.15, 0.2) is 48.0 Å². The second-order valence-electron chi connectivity index (χ2n) is 6.86. The molecule has 5 nitrogen and oxygen atoms in total. The molecular weight excluding hydrogens is 469 g/mol. The van der Waals surface area contributed by atoms with Crippen LogP contribution in [0, 0.1) is 17.4 Å². The zero-order valence-electron chi connectivity index (χ0n) is 16.0. The Kier molecular flexibility index (Phi) is 6.20. The highest BCUT2D eigenvalue weighted by Gasteiger charge is 2.45. The van der Waals surface area contributed by atoms with Crippen molar-refractivity contribution in [3.8, 4) is 0 Å². The SMILES string of the molecule is COCCN1C(=O)C(=O)C(=C(O)c2cc(C)ccc2C)C1c1ccc(I)cc1. The van der Waals surface area contributed by atoms with E-state index in [9.17, 15) is 14.7 Å². The van der Waals surface area contributed by atoms with Gasteiger partial charge in [-0.25, -0.2) is 0 Å². The maximum atomic E-state index is 12.9. The fraction of sp³-hybridized carbons (Fsp3) is 0.273. The number of carbonyl (C=O) groups is 2. The first-order valence-electron chi connectivity index (χ1n) is 8.95. The number of Topliss-reactive ketones (excluding diaryl/α,β-unsaturated/α-hetero) is 1. The Bertz CT molecular complexity index is 950. The van der Waals surface area contributed by atoms with Crippen molar-refractivity contribution in [2.75, 3.05) is 20.3 Å². The summed E-state index contributed by atoms with van der Waals surface area (Å²) < 4.78 is 6.17. The van der Waals surface area contributed by atoms with Crippen LogP contribution >= 0.6 is 22.6 Å². The number of hydrogen-bond donors (Lipinski definition) is 1. The summed E-state index contributed by atoms with van der Waals surface area (Å²) in [6, 6.07) is 12.6. The lowest BCUT2D eigenvalue weighted by molar-refractivity contribution is -0.140. The van der Waals surface area contributed by atoms with Crippen molar-refractivity contribution >= 4 is 40.0 Å². The number of likely N-dealkylation sites (tertiary alicyclic amines) is 1. The molecule has 6 heteroatoms. The highest BCUT2D eigenvalue weighted by Crippen LogP contribution is 2.39. The fourth-order valence-electron chi connectivity index (χ4n) is 3.43. The summed E-state index contributed by atoms with van der Waals surface area (Å²) in [6.07, 6.45) is 0. The number of ether oxygens (including phenoxy) is 1. The van der Waals surface area contributed by atoms with E-state index < -0.39 is 17.7 Å². The number of aliphatic hydroxyl groups is 1. The molecule has 1 atom stereocenters. The van der Waals surface area contributed by atoms with E-state index >= 15 is 0 Å². The molecule has 1 heterocycles. The van der Waals surface area contributed by atoms with E-state index in [4.69, 9.17) is 4.74 Å². The maximum absolute atomic E-state index is 12.9. The van der Waals surface area contributed by atoms with Crippen molar-refractivity contribution in [2.45, 2.75) is 19.9 Å². The number of benzene rings is 2. The third-order valence-electron chi connectivity index (χ3n) is 4.91. The standard InChI is InChI=1S/C22H22INO4/c1-13-4-5-14(2)17(12-13)20(25)18-19(15-6-8-16(23)9-7-15)24(10-11-28-3)22(27)21(18)26/h4-9,12,19,25H,10-11H2,1-3H3. The average Bonchev–Trinajstić information content (AvgIpc) is 2.93. The van der Waals surface area contributed by atoms with E-state index in [2.05, 4.69) is 22.6 Å². The number of aliphatic hydroxyl groups excluding tert-OH is 1. The number of hydrogen-bond acceptors (Lipinski definition) is 4. The third kappa shape index (κ3) is 3.84. The van der Waals surface area contributed by atoms with E-state index in [1.54, 1.807) is 7.11 Å². The quantitative estimate of drug-likeness (QED) is 0.298. The van der Waals surface area contributed by atoms with Gasteiger partial charge >= 0.3 is 0 Å². The van der Waals surface area contributed by atoms with Crippen LogP contribution in [0.4, 0.5) is 0 Å². The van der Waals surface area contributed by atoms with E-state index in [1.807, 2.05) is 56.3 Å². The number of methoxy groups -OCH3 is 1. The number of rotatable bonds is 5. The first-order chi connectivity index (χ1) is 13.3. The maximum Gasteiger partial charge on any atom is 0.295 e. The Hall–Kier alpha value is -2.19. The molecule has 2 aromatic rings. The number of ketones is 1. The van der Waals surface area contributed by atoms with Gasteiger partial charge in [-0.3, -0.25) is 9.59 Å². The lowest BCUT2D eigenvalue weighted by Gasteiger charge is -2.25. The molecule has 28 heavy (non-hydrogen) atoms. The first kappa shape index (κ1) is 20.5. The molecule has 1 N–H and O–H groups in total. The first-order valence-corrected chi connectivity index (χ1v) is 10.0. The van der Waals surface area contributed by atoms with Crippen LogP contribution in [0.1, 0.15) is 28.3 Å². The molecule has 0 spiro atoms. The minimum atomic E-state index is -0.668. The summed E-state index contributed by atoms with van der Waals surface area (Å²) in [6.45, 7) is 4.36. The molecule has 0 saturated carbocycles. The Balaban J connectivity index is 2.20. The van der Waals surface area contributed by atoms with Gasteiger partial charge < -0.3 is 14.7 Å². The highest BCUT2D eigenvalue weighted by molar-refractivity contribution is 14.1. The minimum Gasteiger partial charge on any atom is -0.507 e. The lowest BCUT2D eigenvalue weighted by Crippen LogP contribution is -2.32. The zero-order valence-corrected chi connectivity index (χ0v) is 18.2. The third-order valence-corrected chi connectivity index (χ3v) is 5.63. The summed E-state index contributed by atoms with van der Waals surface area (Å²) in [5.74, 6) is -1.42. The second kappa shape index (κ2) is 8.45. The summed E-state index contributed by atoms with van der Waals surface area (Å²) in [4.78, 5) is 27.1. The molecule has 1 aliphatic rings. The van der Waals surface area contributed by atoms with Crippen LogP contribution in [0.2, 0.25) is 0 Å². The minimum absolute atomic E-state index is 0.121. The van der Waals surface area contributed by atoms with Crippen molar-refractivity contribution in [1.29, 1.82) is 0 Å². The summed E-state index contributed by atoms with van der Waals surface area (Å²) >= 11 is 2.20. The molecule has 1 amide bonds. The van der Waals surface area contributed by atoms with Crippen LogP contribution in [0.25, 0.3) is 5.76 Å². The molecule has 3 rings (SSSR count). The van der Waals surface area contributed by atoms with Crippen molar-refractivity contribution in [1.82, 2.24) is 4.90 Å². The molecule has 1 fully saturated rings. The smallest absolute Gasteiger partial charge is 0.295 e. The zero-order chi connectivity index (χ0) is 20.4. The van der Waals surface area contributed by atoms with Gasteiger partial charge in [0.15, 0.2) is 0 Å². The monoisotopic (exact) mass is 491 g/mol. The lowest BCUT2D eigenvalue weighted by atomic mass is 9.93. The topological polar surface area (TPSA) is 66.8 Å².